The second kappa shape index (κ2) is 8.80. The fourth-order valence-corrected chi connectivity index (χ4v) is 5.18. The summed E-state index contributed by atoms with van der Waals surface area (Å²) in [6, 6.07) is 13.1. The van der Waals surface area contributed by atoms with E-state index in [0.717, 1.165) is 17.1 Å². The summed E-state index contributed by atoms with van der Waals surface area (Å²) < 4.78 is 33.2. The van der Waals surface area contributed by atoms with E-state index < -0.39 is 15.9 Å². The van der Waals surface area contributed by atoms with Crippen LogP contribution in [0.1, 0.15) is 15.9 Å². The Morgan fingerprint density at radius 3 is 2.71 bits per heavy atom. The number of carbonyl (C=O) groups is 1. The summed E-state index contributed by atoms with van der Waals surface area (Å²) in [4.78, 5) is 16.8. The summed E-state index contributed by atoms with van der Waals surface area (Å²) >= 11 is 13.3. The van der Waals surface area contributed by atoms with Crippen molar-refractivity contribution < 1.29 is 13.2 Å². The van der Waals surface area contributed by atoms with Gasteiger partial charge in [-0.2, -0.15) is 12.8 Å². The number of hydrogen-bond donors (Lipinski definition) is 2. The van der Waals surface area contributed by atoms with E-state index >= 15 is 0 Å². The van der Waals surface area contributed by atoms with Gasteiger partial charge in [-0.3, -0.25) is 9.52 Å². The molecule has 11 heteroatoms. The van der Waals surface area contributed by atoms with Gasteiger partial charge in [-0.1, -0.05) is 41.4 Å². The number of halogens is 2. The lowest BCUT2D eigenvalue weighted by Crippen LogP contribution is -2.25. The monoisotopic (exact) mass is 492 g/mol. The number of amides is 1. The molecule has 7 nitrogen and oxygen atoms in total. The van der Waals surface area contributed by atoms with Crippen LogP contribution in [0.3, 0.4) is 0 Å². The van der Waals surface area contributed by atoms with E-state index in [0.29, 0.717) is 15.1 Å². The van der Waals surface area contributed by atoms with Crippen LogP contribution in [0.5, 0.6) is 0 Å². The van der Waals surface area contributed by atoms with Gasteiger partial charge < -0.3 is 5.32 Å². The Hall–Kier alpha value is -2.72. The first-order chi connectivity index (χ1) is 14.8. The molecule has 2 N–H and O–H groups in total. The second-order valence-electron chi connectivity index (χ2n) is 6.42. The van der Waals surface area contributed by atoms with Crippen molar-refractivity contribution in [1.29, 1.82) is 0 Å². The van der Waals surface area contributed by atoms with Gasteiger partial charge in [0.05, 0.1) is 27.5 Å². The average Bonchev–Trinajstić information content (AvgIpc) is 3.21. The van der Waals surface area contributed by atoms with Gasteiger partial charge in [-0.05, 0) is 47.4 Å². The smallest absolute Gasteiger partial charge is 0.280 e. The first-order valence-corrected chi connectivity index (χ1v) is 11.9. The summed E-state index contributed by atoms with van der Waals surface area (Å²) in [6.45, 7) is 0.175. The predicted molar refractivity (Wildman–Crippen MR) is 122 cm³/mol. The van der Waals surface area contributed by atoms with E-state index in [2.05, 4.69) is 19.4 Å². The van der Waals surface area contributed by atoms with Crippen LogP contribution in [0.2, 0.25) is 10.0 Å². The average molecular weight is 493 g/mol. The zero-order chi connectivity index (χ0) is 22.0. The maximum atomic E-state index is 13.0. The lowest BCUT2D eigenvalue weighted by molar-refractivity contribution is 0.0952. The van der Waals surface area contributed by atoms with Crippen LogP contribution in [0, 0.1) is 0 Å². The maximum Gasteiger partial charge on any atom is 0.280 e. The highest BCUT2D eigenvalue weighted by Crippen LogP contribution is 2.28. The van der Waals surface area contributed by atoms with Gasteiger partial charge in [0.2, 0.25) is 0 Å². The Balaban J connectivity index is 1.63. The molecule has 2 aromatic carbocycles. The molecule has 0 aliphatic heterocycles. The van der Waals surface area contributed by atoms with Gasteiger partial charge in [0, 0.05) is 22.8 Å². The Bertz CT molecular complexity index is 1390. The zero-order valence-corrected chi connectivity index (χ0v) is 18.8. The van der Waals surface area contributed by atoms with Gasteiger partial charge in [0.15, 0.2) is 5.03 Å². The highest BCUT2D eigenvalue weighted by Gasteiger charge is 2.23. The molecular weight excluding hydrogens is 479 g/mol. The second-order valence-corrected chi connectivity index (χ2v) is 9.70. The van der Waals surface area contributed by atoms with Crippen LogP contribution in [-0.2, 0) is 16.6 Å². The van der Waals surface area contributed by atoms with Gasteiger partial charge in [-0.25, -0.2) is 4.98 Å². The molecule has 2 heterocycles. The van der Waals surface area contributed by atoms with E-state index in [9.17, 15) is 13.2 Å². The summed E-state index contributed by atoms with van der Waals surface area (Å²) in [5.74, 6) is -0.488. The number of carbonyl (C=O) groups excluding carboxylic acids is 1. The Morgan fingerprint density at radius 1 is 1.10 bits per heavy atom. The number of anilines is 1. The minimum Gasteiger partial charge on any atom is -0.348 e. The minimum atomic E-state index is -4.11. The number of fused-ring (bicyclic) bond motifs is 1. The minimum absolute atomic E-state index is 0.0335. The Morgan fingerprint density at radius 2 is 1.90 bits per heavy atom. The molecule has 1 amide bonds. The first kappa shape index (κ1) is 21.5. The third kappa shape index (κ3) is 4.64. The van der Waals surface area contributed by atoms with Crippen molar-refractivity contribution in [2.75, 3.05) is 4.72 Å². The normalized spacial score (nSPS) is 11.4. The Labute approximate surface area is 192 Å². The summed E-state index contributed by atoms with van der Waals surface area (Å²) in [6.07, 6.45) is 2.83. The zero-order valence-electron chi connectivity index (χ0n) is 15.7. The molecule has 0 atom stereocenters. The number of nitrogens with one attached hydrogen (secondary N) is 2. The number of nitrogens with zero attached hydrogens (tertiary/aromatic N) is 2. The van der Waals surface area contributed by atoms with E-state index in [1.807, 2.05) is 6.07 Å². The molecule has 0 radical (unpaired) electrons. The summed E-state index contributed by atoms with van der Waals surface area (Å²) in [7, 11) is -4.11. The van der Waals surface area contributed by atoms with Crippen molar-refractivity contribution in [1.82, 2.24) is 14.7 Å². The number of benzene rings is 2. The largest absolute Gasteiger partial charge is 0.348 e. The molecule has 0 unspecified atom stereocenters. The van der Waals surface area contributed by atoms with Gasteiger partial charge in [0.1, 0.15) is 0 Å². The molecule has 0 saturated carbocycles. The molecule has 4 rings (SSSR count). The van der Waals surface area contributed by atoms with Crippen LogP contribution in [0.15, 0.2) is 66.0 Å². The fourth-order valence-electron chi connectivity index (χ4n) is 2.89. The standard InChI is InChI=1S/C20H14Cl2N4O3S2/c21-13-5-6-14(19(27)24-10-12-3-1-2-4-16(12)22)17(9-13)26-31(28,29)20-15-11-25-30-18(15)7-8-23-20/h1-9,11,26H,10H2,(H,24,27). The van der Waals surface area contributed by atoms with Crippen LogP contribution in [0.25, 0.3) is 10.1 Å². The lowest BCUT2D eigenvalue weighted by atomic mass is 10.1. The Kier molecular flexibility index (Phi) is 6.10. The molecule has 31 heavy (non-hydrogen) atoms. The summed E-state index contributed by atoms with van der Waals surface area (Å²) in [5, 5.41) is 3.74. The first-order valence-electron chi connectivity index (χ1n) is 8.88. The van der Waals surface area contributed by atoms with E-state index in [1.54, 1.807) is 24.3 Å². The van der Waals surface area contributed by atoms with E-state index in [4.69, 9.17) is 23.2 Å². The lowest BCUT2D eigenvalue weighted by Gasteiger charge is -2.14. The molecule has 2 aromatic heterocycles. The molecule has 0 saturated heterocycles. The topological polar surface area (TPSA) is 101 Å². The van der Waals surface area contributed by atoms with Crippen LogP contribution >= 0.6 is 34.7 Å². The van der Waals surface area contributed by atoms with Crippen LogP contribution < -0.4 is 10.0 Å². The fraction of sp³-hybridized carbons (Fsp3) is 0.0500. The van der Waals surface area contributed by atoms with Gasteiger partial charge in [0.25, 0.3) is 15.9 Å². The quantitative estimate of drug-likeness (QED) is 0.405. The maximum absolute atomic E-state index is 13.0. The number of rotatable bonds is 6. The molecule has 0 aliphatic carbocycles. The molecular formula is C20H14Cl2N4O3S2. The molecule has 4 aromatic rings. The number of aromatic nitrogens is 2. The third-order valence-electron chi connectivity index (χ3n) is 4.37. The molecule has 0 fully saturated rings. The van der Waals surface area contributed by atoms with Gasteiger partial charge >= 0.3 is 0 Å². The van der Waals surface area contributed by atoms with Crippen molar-refractivity contribution in [3.63, 3.8) is 0 Å². The highest BCUT2D eigenvalue weighted by atomic mass is 35.5. The van der Waals surface area contributed by atoms with Crippen molar-refractivity contribution in [2.24, 2.45) is 0 Å². The number of sulfonamides is 1. The summed E-state index contributed by atoms with van der Waals surface area (Å²) in [5.41, 5.74) is 0.872. The molecule has 0 bridgehead atoms. The number of hydrogen-bond acceptors (Lipinski definition) is 6. The van der Waals surface area contributed by atoms with E-state index in [1.165, 1.54) is 30.6 Å². The van der Waals surface area contributed by atoms with Crippen molar-refractivity contribution >= 4 is 66.4 Å². The predicted octanol–water partition coefficient (Wildman–Crippen LogP) is 4.73. The SMILES string of the molecule is O=C(NCc1ccccc1Cl)c1ccc(Cl)cc1NS(=O)(=O)c1nccc2sncc12. The van der Waals surface area contributed by atoms with Crippen LogP contribution in [-0.4, -0.2) is 23.7 Å². The van der Waals surface area contributed by atoms with Crippen molar-refractivity contribution in [3.05, 3.63) is 82.1 Å². The third-order valence-corrected chi connectivity index (χ3v) is 7.06. The molecule has 0 aliphatic rings. The van der Waals surface area contributed by atoms with Crippen molar-refractivity contribution in [3.8, 4) is 0 Å². The van der Waals surface area contributed by atoms with Gasteiger partial charge in [-0.15, -0.1) is 0 Å². The van der Waals surface area contributed by atoms with Crippen LogP contribution in [0.4, 0.5) is 5.69 Å². The van der Waals surface area contributed by atoms with Crippen molar-refractivity contribution in [2.45, 2.75) is 11.6 Å². The molecule has 158 valence electrons. The van der Waals surface area contributed by atoms with E-state index in [-0.39, 0.29) is 27.8 Å². The number of pyridine rings is 1. The highest BCUT2D eigenvalue weighted by molar-refractivity contribution is 7.92. The molecule has 0 spiro atoms.